The molecule has 0 fully saturated rings. The summed E-state index contributed by atoms with van der Waals surface area (Å²) in [6.07, 6.45) is 3.55. The van der Waals surface area contributed by atoms with Crippen LogP contribution in [0.4, 0.5) is 5.95 Å². The van der Waals surface area contributed by atoms with Crippen LogP contribution in [-0.4, -0.2) is 15.6 Å². The van der Waals surface area contributed by atoms with E-state index in [1.807, 2.05) is 0 Å². The number of imidazole rings is 1. The predicted octanol–water partition coefficient (Wildman–Crippen LogP) is 3.58. The number of anilines is 1. The number of aromatic nitrogens is 2. The van der Waals surface area contributed by atoms with Crippen molar-refractivity contribution in [2.24, 2.45) is 0 Å². The van der Waals surface area contributed by atoms with Gasteiger partial charge in [0.1, 0.15) is 0 Å². The van der Waals surface area contributed by atoms with Gasteiger partial charge in [0.05, 0.1) is 11.0 Å². The molecule has 3 nitrogen and oxygen atoms in total. The molecule has 1 N–H and O–H groups in total. The zero-order valence-corrected chi connectivity index (χ0v) is 10.5. The SMILES string of the molecule is CCC1CC(CC)n2c(nc3ccccc32)N1. The Bertz CT molecular complexity index is 529. The number of rotatable bonds is 2. The highest BCUT2D eigenvalue weighted by Crippen LogP contribution is 2.34. The molecule has 0 spiro atoms. The summed E-state index contributed by atoms with van der Waals surface area (Å²) in [4.78, 5) is 4.70. The third kappa shape index (κ3) is 1.61. The second-order valence-electron chi connectivity index (χ2n) is 4.84. The van der Waals surface area contributed by atoms with Crippen LogP contribution in [0.5, 0.6) is 0 Å². The van der Waals surface area contributed by atoms with Gasteiger partial charge >= 0.3 is 0 Å². The zero-order chi connectivity index (χ0) is 11.8. The van der Waals surface area contributed by atoms with Crippen molar-refractivity contribution in [3.05, 3.63) is 24.3 Å². The van der Waals surface area contributed by atoms with E-state index >= 15 is 0 Å². The van der Waals surface area contributed by atoms with Gasteiger partial charge in [-0.1, -0.05) is 26.0 Å². The number of para-hydroxylation sites is 2. The van der Waals surface area contributed by atoms with Crippen LogP contribution in [0.25, 0.3) is 11.0 Å². The summed E-state index contributed by atoms with van der Waals surface area (Å²) in [6, 6.07) is 9.57. The monoisotopic (exact) mass is 229 g/mol. The lowest BCUT2D eigenvalue weighted by Crippen LogP contribution is -2.31. The third-order valence-electron chi connectivity index (χ3n) is 3.81. The molecule has 0 aliphatic carbocycles. The van der Waals surface area contributed by atoms with Gasteiger partial charge in [-0.25, -0.2) is 4.98 Å². The van der Waals surface area contributed by atoms with Gasteiger partial charge in [0.25, 0.3) is 0 Å². The Morgan fingerprint density at radius 2 is 2.12 bits per heavy atom. The van der Waals surface area contributed by atoms with Gasteiger partial charge in [-0.15, -0.1) is 0 Å². The lowest BCUT2D eigenvalue weighted by Gasteiger charge is -2.31. The van der Waals surface area contributed by atoms with Crippen LogP contribution in [0.2, 0.25) is 0 Å². The van der Waals surface area contributed by atoms with Crippen LogP contribution in [-0.2, 0) is 0 Å². The van der Waals surface area contributed by atoms with E-state index in [-0.39, 0.29) is 0 Å². The Hall–Kier alpha value is -1.51. The summed E-state index contributed by atoms with van der Waals surface area (Å²) in [7, 11) is 0. The quantitative estimate of drug-likeness (QED) is 0.853. The molecule has 2 atom stereocenters. The summed E-state index contributed by atoms with van der Waals surface area (Å²) in [6.45, 7) is 4.50. The molecule has 0 saturated heterocycles. The van der Waals surface area contributed by atoms with E-state index in [0.717, 1.165) is 11.5 Å². The van der Waals surface area contributed by atoms with E-state index < -0.39 is 0 Å². The number of fused-ring (bicyclic) bond motifs is 3. The summed E-state index contributed by atoms with van der Waals surface area (Å²) in [5.74, 6) is 1.05. The molecule has 1 aliphatic rings. The number of benzene rings is 1. The first-order chi connectivity index (χ1) is 8.33. The maximum absolute atomic E-state index is 4.70. The summed E-state index contributed by atoms with van der Waals surface area (Å²) >= 11 is 0. The lowest BCUT2D eigenvalue weighted by atomic mass is 10.0. The Morgan fingerprint density at radius 3 is 2.88 bits per heavy atom. The molecule has 2 heterocycles. The number of nitrogens with zero attached hydrogens (tertiary/aromatic N) is 2. The standard InChI is InChI=1S/C14H19N3/c1-3-10-9-11(4-2)17-13-8-6-5-7-12(13)16-14(17)15-10/h5-8,10-11H,3-4,9H2,1-2H3,(H,15,16). The van der Waals surface area contributed by atoms with Gasteiger partial charge < -0.3 is 9.88 Å². The van der Waals surface area contributed by atoms with Crippen molar-refractivity contribution >= 4 is 17.0 Å². The van der Waals surface area contributed by atoms with Crippen molar-refractivity contribution in [3.8, 4) is 0 Å². The predicted molar refractivity (Wildman–Crippen MR) is 71.4 cm³/mol. The van der Waals surface area contributed by atoms with E-state index in [4.69, 9.17) is 4.98 Å². The van der Waals surface area contributed by atoms with Crippen molar-refractivity contribution in [2.75, 3.05) is 5.32 Å². The average Bonchev–Trinajstić information content (AvgIpc) is 2.75. The minimum atomic E-state index is 0.573. The van der Waals surface area contributed by atoms with E-state index in [1.54, 1.807) is 0 Å². The van der Waals surface area contributed by atoms with Gasteiger partial charge in [-0.05, 0) is 31.4 Å². The van der Waals surface area contributed by atoms with Gasteiger partial charge in [-0.3, -0.25) is 0 Å². The fourth-order valence-electron chi connectivity index (χ4n) is 2.81. The highest BCUT2D eigenvalue weighted by atomic mass is 15.3. The molecular weight excluding hydrogens is 210 g/mol. The number of nitrogens with one attached hydrogen (secondary N) is 1. The molecule has 1 aliphatic heterocycles. The zero-order valence-electron chi connectivity index (χ0n) is 10.5. The third-order valence-corrected chi connectivity index (χ3v) is 3.81. The Labute approximate surface area is 102 Å². The molecule has 2 unspecified atom stereocenters. The first-order valence-corrected chi connectivity index (χ1v) is 6.57. The second kappa shape index (κ2) is 4.06. The van der Waals surface area contributed by atoms with E-state index in [1.165, 1.54) is 24.8 Å². The van der Waals surface area contributed by atoms with E-state index in [0.29, 0.717) is 12.1 Å². The minimum absolute atomic E-state index is 0.573. The number of hydrogen-bond acceptors (Lipinski definition) is 2. The lowest BCUT2D eigenvalue weighted by molar-refractivity contribution is 0.399. The van der Waals surface area contributed by atoms with Crippen molar-refractivity contribution < 1.29 is 0 Å². The second-order valence-corrected chi connectivity index (χ2v) is 4.84. The average molecular weight is 229 g/mol. The van der Waals surface area contributed by atoms with Gasteiger partial charge in [0.15, 0.2) is 0 Å². The molecule has 3 rings (SSSR count). The van der Waals surface area contributed by atoms with Crippen molar-refractivity contribution in [3.63, 3.8) is 0 Å². The van der Waals surface area contributed by atoms with E-state index in [2.05, 4.69) is 48.0 Å². The van der Waals surface area contributed by atoms with Gasteiger partial charge in [0.2, 0.25) is 5.95 Å². The molecule has 0 amide bonds. The fraction of sp³-hybridized carbons (Fsp3) is 0.500. The van der Waals surface area contributed by atoms with Crippen LogP contribution in [0, 0.1) is 0 Å². The highest BCUT2D eigenvalue weighted by molar-refractivity contribution is 5.79. The van der Waals surface area contributed by atoms with Crippen molar-refractivity contribution in [1.82, 2.24) is 9.55 Å². The van der Waals surface area contributed by atoms with Crippen LogP contribution < -0.4 is 5.32 Å². The molecule has 3 heteroatoms. The minimum Gasteiger partial charge on any atom is -0.353 e. The van der Waals surface area contributed by atoms with Crippen molar-refractivity contribution in [1.29, 1.82) is 0 Å². The first kappa shape index (κ1) is 10.6. The topological polar surface area (TPSA) is 29.9 Å². The highest BCUT2D eigenvalue weighted by Gasteiger charge is 2.26. The molecule has 2 aromatic rings. The number of hydrogen-bond donors (Lipinski definition) is 1. The summed E-state index contributed by atoms with van der Waals surface area (Å²) < 4.78 is 2.38. The van der Waals surface area contributed by atoms with Crippen LogP contribution in [0.1, 0.15) is 39.2 Å². The largest absolute Gasteiger partial charge is 0.353 e. The molecule has 17 heavy (non-hydrogen) atoms. The van der Waals surface area contributed by atoms with Gasteiger partial charge in [0, 0.05) is 12.1 Å². The van der Waals surface area contributed by atoms with Crippen LogP contribution in [0.15, 0.2) is 24.3 Å². The van der Waals surface area contributed by atoms with Crippen LogP contribution in [0.3, 0.4) is 0 Å². The van der Waals surface area contributed by atoms with E-state index in [9.17, 15) is 0 Å². The molecule has 0 radical (unpaired) electrons. The van der Waals surface area contributed by atoms with Gasteiger partial charge in [-0.2, -0.15) is 0 Å². The molecule has 1 aromatic heterocycles. The maximum Gasteiger partial charge on any atom is 0.204 e. The van der Waals surface area contributed by atoms with Crippen molar-refractivity contribution in [2.45, 2.75) is 45.2 Å². The fourth-order valence-corrected chi connectivity index (χ4v) is 2.81. The molecular formula is C14H19N3. The Balaban J connectivity index is 2.16. The molecule has 0 bridgehead atoms. The maximum atomic E-state index is 4.70. The normalized spacial score (nSPS) is 23.4. The Kier molecular flexibility index (Phi) is 2.54. The first-order valence-electron chi connectivity index (χ1n) is 6.57. The Morgan fingerprint density at radius 1 is 1.29 bits per heavy atom. The summed E-state index contributed by atoms with van der Waals surface area (Å²) in [5.41, 5.74) is 2.36. The van der Waals surface area contributed by atoms with Crippen LogP contribution >= 0.6 is 0 Å². The molecule has 1 aromatic carbocycles. The summed E-state index contributed by atoms with van der Waals surface area (Å²) in [5, 5.41) is 3.55. The smallest absolute Gasteiger partial charge is 0.204 e. The molecule has 90 valence electrons. The molecule has 0 saturated carbocycles.